The molecule has 1 aliphatic heterocycles. The van der Waals surface area contributed by atoms with Crippen LogP contribution in [0.1, 0.15) is 42.2 Å². The highest BCUT2D eigenvalue weighted by atomic mass is 16.2. The van der Waals surface area contributed by atoms with Crippen LogP contribution in [-0.2, 0) is 0 Å². The molecule has 19 heavy (non-hydrogen) atoms. The predicted molar refractivity (Wildman–Crippen MR) is 72.6 cm³/mol. The molecule has 0 aromatic carbocycles. The second-order valence-corrected chi connectivity index (χ2v) is 4.56. The molecule has 0 spiro atoms. The lowest BCUT2D eigenvalue weighted by molar-refractivity contribution is 0.0727. The van der Waals surface area contributed by atoms with Crippen LogP contribution in [0.2, 0.25) is 0 Å². The van der Waals surface area contributed by atoms with E-state index in [9.17, 15) is 4.79 Å². The minimum Gasteiger partial charge on any atom is -0.384 e. The molecule has 1 atom stereocenters. The lowest BCUT2D eigenvalue weighted by Crippen LogP contribution is -2.36. The van der Waals surface area contributed by atoms with Gasteiger partial charge in [0.25, 0.3) is 5.91 Å². The van der Waals surface area contributed by atoms with Gasteiger partial charge in [-0.1, -0.05) is 18.8 Å². The number of nitrogens with zero attached hydrogens (tertiary/aromatic N) is 2. The monoisotopic (exact) mass is 258 g/mol. The summed E-state index contributed by atoms with van der Waals surface area (Å²) in [4.78, 5) is 18.6. The van der Waals surface area contributed by atoms with Crippen molar-refractivity contribution in [1.82, 2.24) is 9.88 Å². The standard InChI is InChI=1S/C15H18N2O2/c1-2-13-8-4-10-17(13)15(19)14-12(7-5-11-18)6-3-9-16-14/h3,6,9,13,18H,2,4,8,10-11H2,1H3. The van der Waals surface area contributed by atoms with Gasteiger partial charge in [-0.3, -0.25) is 4.79 Å². The first-order valence-corrected chi connectivity index (χ1v) is 6.63. The van der Waals surface area contributed by atoms with E-state index in [1.165, 1.54) is 0 Å². The van der Waals surface area contributed by atoms with Gasteiger partial charge in [0, 0.05) is 18.8 Å². The molecule has 1 unspecified atom stereocenters. The van der Waals surface area contributed by atoms with Crippen molar-refractivity contribution in [2.75, 3.05) is 13.2 Å². The Morgan fingerprint density at radius 1 is 1.63 bits per heavy atom. The van der Waals surface area contributed by atoms with Gasteiger partial charge in [0.1, 0.15) is 12.3 Å². The van der Waals surface area contributed by atoms with E-state index in [0.29, 0.717) is 17.3 Å². The van der Waals surface area contributed by atoms with Gasteiger partial charge in [-0.15, -0.1) is 0 Å². The number of amides is 1. The van der Waals surface area contributed by atoms with Crippen LogP contribution in [0.3, 0.4) is 0 Å². The summed E-state index contributed by atoms with van der Waals surface area (Å²) in [6.07, 6.45) is 4.69. The number of pyridine rings is 1. The molecule has 1 saturated heterocycles. The van der Waals surface area contributed by atoms with Crippen molar-refractivity contribution in [3.8, 4) is 11.8 Å². The molecule has 1 amide bonds. The molecule has 1 fully saturated rings. The van der Waals surface area contributed by atoms with Crippen molar-refractivity contribution in [2.45, 2.75) is 32.2 Å². The van der Waals surface area contributed by atoms with Gasteiger partial charge < -0.3 is 10.0 Å². The SMILES string of the molecule is CCC1CCCN1C(=O)c1ncccc1C#CCO. The maximum Gasteiger partial charge on any atom is 0.273 e. The number of hydrogen-bond donors (Lipinski definition) is 1. The fourth-order valence-electron chi connectivity index (χ4n) is 2.47. The number of carbonyl (C=O) groups excluding carboxylic acids is 1. The highest BCUT2D eigenvalue weighted by Gasteiger charge is 2.29. The second-order valence-electron chi connectivity index (χ2n) is 4.56. The minimum absolute atomic E-state index is 0.0489. The average Bonchev–Trinajstić information content (AvgIpc) is 2.93. The predicted octanol–water partition coefficient (Wildman–Crippen LogP) is 1.44. The van der Waals surface area contributed by atoms with E-state index in [2.05, 4.69) is 23.7 Å². The zero-order valence-electron chi connectivity index (χ0n) is 11.1. The molecule has 4 heteroatoms. The fourth-order valence-corrected chi connectivity index (χ4v) is 2.47. The Labute approximate surface area is 113 Å². The highest BCUT2D eigenvalue weighted by Crippen LogP contribution is 2.22. The van der Waals surface area contributed by atoms with E-state index in [1.54, 1.807) is 18.3 Å². The van der Waals surface area contributed by atoms with Crippen molar-refractivity contribution in [2.24, 2.45) is 0 Å². The molecular weight excluding hydrogens is 240 g/mol. The van der Waals surface area contributed by atoms with Gasteiger partial charge >= 0.3 is 0 Å². The number of hydrogen-bond acceptors (Lipinski definition) is 3. The molecule has 100 valence electrons. The van der Waals surface area contributed by atoms with E-state index in [-0.39, 0.29) is 12.5 Å². The van der Waals surface area contributed by atoms with Crippen LogP contribution in [0.4, 0.5) is 0 Å². The average molecular weight is 258 g/mol. The van der Waals surface area contributed by atoms with Crippen molar-refractivity contribution in [1.29, 1.82) is 0 Å². The number of aliphatic hydroxyl groups excluding tert-OH is 1. The van der Waals surface area contributed by atoms with Crippen LogP contribution in [-0.4, -0.2) is 40.1 Å². The van der Waals surface area contributed by atoms with E-state index < -0.39 is 0 Å². The quantitative estimate of drug-likeness (QED) is 0.817. The summed E-state index contributed by atoms with van der Waals surface area (Å²) in [5.74, 6) is 5.31. The Balaban J connectivity index is 2.28. The zero-order valence-corrected chi connectivity index (χ0v) is 11.1. The molecule has 0 radical (unpaired) electrons. The second kappa shape index (κ2) is 6.35. The first-order chi connectivity index (χ1) is 9.27. The lowest BCUT2D eigenvalue weighted by Gasteiger charge is -2.23. The summed E-state index contributed by atoms with van der Waals surface area (Å²) >= 11 is 0. The van der Waals surface area contributed by atoms with Crippen LogP contribution in [0.25, 0.3) is 0 Å². The molecular formula is C15H18N2O2. The van der Waals surface area contributed by atoms with Gasteiger partial charge in [0.05, 0.1) is 5.56 Å². The summed E-state index contributed by atoms with van der Waals surface area (Å²) in [5, 5.41) is 8.76. The molecule has 4 nitrogen and oxygen atoms in total. The molecule has 1 aromatic rings. The zero-order chi connectivity index (χ0) is 13.7. The number of aliphatic hydroxyl groups is 1. The van der Waals surface area contributed by atoms with Crippen LogP contribution < -0.4 is 0 Å². The van der Waals surface area contributed by atoms with Crippen LogP contribution in [0.15, 0.2) is 18.3 Å². The Kier molecular flexibility index (Phi) is 4.53. The normalized spacial score (nSPS) is 18.0. The molecule has 2 rings (SSSR count). The Morgan fingerprint density at radius 2 is 2.47 bits per heavy atom. The topological polar surface area (TPSA) is 53.4 Å². The maximum absolute atomic E-state index is 12.5. The molecule has 1 N–H and O–H groups in total. The van der Waals surface area contributed by atoms with Gasteiger partial charge in [0.2, 0.25) is 0 Å². The fraction of sp³-hybridized carbons (Fsp3) is 0.467. The third-order valence-electron chi connectivity index (χ3n) is 3.42. The summed E-state index contributed by atoms with van der Waals surface area (Å²) in [6.45, 7) is 2.67. The Bertz CT molecular complexity index is 516. The summed E-state index contributed by atoms with van der Waals surface area (Å²) in [7, 11) is 0. The third kappa shape index (κ3) is 2.94. The highest BCUT2D eigenvalue weighted by molar-refractivity contribution is 5.95. The van der Waals surface area contributed by atoms with E-state index in [4.69, 9.17) is 5.11 Å². The van der Waals surface area contributed by atoms with Crippen LogP contribution >= 0.6 is 0 Å². The molecule has 0 aliphatic carbocycles. The van der Waals surface area contributed by atoms with Crippen molar-refractivity contribution in [3.05, 3.63) is 29.6 Å². The minimum atomic E-state index is -0.218. The Hall–Kier alpha value is -1.86. The molecule has 0 bridgehead atoms. The van der Waals surface area contributed by atoms with E-state index in [1.807, 2.05) is 4.90 Å². The van der Waals surface area contributed by atoms with E-state index >= 15 is 0 Å². The number of carbonyl (C=O) groups is 1. The van der Waals surface area contributed by atoms with Gasteiger partial charge in [-0.05, 0) is 31.4 Å². The molecule has 1 aromatic heterocycles. The smallest absolute Gasteiger partial charge is 0.273 e. The van der Waals surface area contributed by atoms with Crippen molar-refractivity contribution < 1.29 is 9.90 Å². The lowest BCUT2D eigenvalue weighted by atomic mass is 10.1. The maximum atomic E-state index is 12.5. The molecule has 1 aliphatic rings. The van der Waals surface area contributed by atoms with E-state index in [0.717, 1.165) is 25.8 Å². The van der Waals surface area contributed by atoms with Crippen LogP contribution in [0.5, 0.6) is 0 Å². The first-order valence-electron chi connectivity index (χ1n) is 6.63. The van der Waals surface area contributed by atoms with Gasteiger partial charge in [-0.2, -0.15) is 0 Å². The van der Waals surface area contributed by atoms with Crippen LogP contribution in [0, 0.1) is 11.8 Å². The molecule has 2 heterocycles. The third-order valence-corrected chi connectivity index (χ3v) is 3.42. The summed E-state index contributed by atoms with van der Waals surface area (Å²) in [6, 6.07) is 3.83. The summed E-state index contributed by atoms with van der Waals surface area (Å²) < 4.78 is 0. The molecule has 0 saturated carbocycles. The number of rotatable bonds is 2. The largest absolute Gasteiger partial charge is 0.384 e. The Morgan fingerprint density at radius 3 is 3.21 bits per heavy atom. The first kappa shape index (κ1) is 13.6. The number of aromatic nitrogens is 1. The van der Waals surface area contributed by atoms with Gasteiger partial charge in [0.15, 0.2) is 0 Å². The van der Waals surface area contributed by atoms with Crippen molar-refractivity contribution in [3.63, 3.8) is 0 Å². The van der Waals surface area contributed by atoms with Crippen molar-refractivity contribution >= 4 is 5.91 Å². The van der Waals surface area contributed by atoms with Gasteiger partial charge in [-0.25, -0.2) is 4.98 Å². The summed E-state index contributed by atoms with van der Waals surface area (Å²) in [5.41, 5.74) is 0.979. The number of likely N-dealkylation sites (tertiary alicyclic amines) is 1.